The summed E-state index contributed by atoms with van der Waals surface area (Å²) < 4.78 is 0. The predicted molar refractivity (Wildman–Crippen MR) is 69.4 cm³/mol. The van der Waals surface area contributed by atoms with Crippen LogP contribution in [0.1, 0.15) is 16.6 Å². The monoisotopic (exact) mass is 254 g/mol. The van der Waals surface area contributed by atoms with Crippen molar-refractivity contribution in [2.24, 2.45) is 5.92 Å². The summed E-state index contributed by atoms with van der Waals surface area (Å²) >= 11 is 1.45. The van der Waals surface area contributed by atoms with Crippen molar-refractivity contribution in [3.8, 4) is 0 Å². The zero-order chi connectivity index (χ0) is 12.8. The van der Waals surface area contributed by atoms with Crippen molar-refractivity contribution in [2.45, 2.75) is 6.92 Å². The van der Waals surface area contributed by atoms with E-state index in [1.165, 1.54) is 11.3 Å². The number of carbonyl (C=O) groups is 2. The van der Waals surface area contributed by atoms with Crippen LogP contribution in [0.5, 0.6) is 0 Å². The van der Waals surface area contributed by atoms with Gasteiger partial charge in [-0.25, -0.2) is 0 Å². The van der Waals surface area contributed by atoms with Crippen molar-refractivity contribution in [3.05, 3.63) is 22.4 Å². The van der Waals surface area contributed by atoms with E-state index in [0.717, 1.165) is 4.88 Å². The maximum absolute atomic E-state index is 11.8. The Balaban J connectivity index is 2.42. The van der Waals surface area contributed by atoms with Crippen molar-refractivity contribution in [1.82, 2.24) is 10.2 Å². The number of thiophene rings is 1. The molecule has 0 spiro atoms. The number of rotatable bonds is 6. The van der Waals surface area contributed by atoms with Crippen molar-refractivity contribution in [1.29, 1.82) is 0 Å². The number of amides is 1. The van der Waals surface area contributed by atoms with Crippen LogP contribution >= 0.6 is 11.3 Å². The minimum atomic E-state index is -0.110. The van der Waals surface area contributed by atoms with Gasteiger partial charge in [0.25, 0.3) is 0 Å². The summed E-state index contributed by atoms with van der Waals surface area (Å²) in [7, 11) is 3.47. The zero-order valence-corrected chi connectivity index (χ0v) is 11.2. The van der Waals surface area contributed by atoms with Gasteiger partial charge >= 0.3 is 0 Å². The van der Waals surface area contributed by atoms with Gasteiger partial charge in [0.15, 0.2) is 5.78 Å². The van der Waals surface area contributed by atoms with Gasteiger partial charge in [0.05, 0.1) is 11.4 Å². The molecule has 1 amide bonds. The average Bonchev–Trinajstić information content (AvgIpc) is 2.80. The van der Waals surface area contributed by atoms with Gasteiger partial charge < -0.3 is 5.32 Å². The van der Waals surface area contributed by atoms with E-state index in [0.29, 0.717) is 13.1 Å². The molecule has 0 bridgehead atoms. The van der Waals surface area contributed by atoms with Crippen molar-refractivity contribution in [2.75, 3.05) is 27.2 Å². The standard InChI is InChI=1S/C12H18N2O2S/c1-9(12(16)13-2)7-14(3)8-10(15)11-5-4-6-17-11/h4-6,9H,7-8H2,1-3H3,(H,13,16). The van der Waals surface area contributed by atoms with E-state index >= 15 is 0 Å². The van der Waals surface area contributed by atoms with Crippen LogP contribution in [0.2, 0.25) is 0 Å². The summed E-state index contributed by atoms with van der Waals surface area (Å²) in [6, 6.07) is 3.69. The summed E-state index contributed by atoms with van der Waals surface area (Å²) in [5.74, 6) is -0.00633. The Morgan fingerprint density at radius 2 is 2.24 bits per heavy atom. The molecule has 94 valence electrons. The molecule has 1 atom stereocenters. The van der Waals surface area contributed by atoms with Gasteiger partial charge in [-0.1, -0.05) is 13.0 Å². The number of nitrogens with one attached hydrogen (secondary N) is 1. The van der Waals surface area contributed by atoms with Gasteiger partial charge in [-0.3, -0.25) is 14.5 Å². The third kappa shape index (κ3) is 4.28. The van der Waals surface area contributed by atoms with Gasteiger partial charge in [-0.2, -0.15) is 0 Å². The maximum Gasteiger partial charge on any atom is 0.223 e. The SMILES string of the molecule is CNC(=O)C(C)CN(C)CC(=O)c1cccs1. The quantitative estimate of drug-likeness (QED) is 0.777. The molecule has 1 heterocycles. The lowest BCUT2D eigenvalue weighted by atomic mass is 10.1. The second kappa shape index (κ2) is 6.51. The van der Waals surface area contributed by atoms with Crippen LogP contribution in [-0.2, 0) is 4.79 Å². The average molecular weight is 254 g/mol. The summed E-state index contributed by atoms with van der Waals surface area (Å²) in [4.78, 5) is 25.8. The second-order valence-electron chi connectivity index (χ2n) is 4.11. The van der Waals surface area contributed by atoms with Gasteiger partial charge in [0.2, 0.25) is 5.91 Å². The lowest BCUT2D eigenvalue weighted by molar-refractivity contribution is -0.124. The number of ketones is 1. The molecule has 0 radical (unpaired) electrons. The molecule has 1 aromatic rings. The van der Waals surface area contributed by atoms with Crippen LogP contribution in [0.15, 0.2) is 17.5 Å². The van der Waals surface area contributed by atoms with Gasteiger partial charge in [0, 0.05) is 19.5 Å². The number of Topliss-reactive ketones (excluding diaryl/α,β-unsaturated/α-hetero) is 1. The first kappa shape index (κ1) is 13.9. The summed E-state index contributed by atoms with van der Waals surface area (Å²) in [6.07, 6.45) is 0. The fourth-order valence-electron chi connectivity index (χ4n) is 1.62. The number of likely N-dealkylation sites (N-methyl/N-ethyl adjacent to an activating group) is 1. The first-order chi connectivity index (χ1) is 8.04. The first-order valence-electron chi connectivity index (χ1n) is 5.51. The summed E-state index contributed by atoms with van der Waals surface area (Å²) in [5, 5.41) is 4.49. The first-order valence-corrected chi connectivity index (χ1v) is 6.39. The fraction of sp³-hybridized carbons (Fsp3) is 0.500. The van der Waals surface area contributed by atoms with E-state index in [4.69, 9.17) is 0 Å². The molecule has 0 aliphatic carbocycles. The lowest BCUT2D eigenvalue weighted by Crippen LogP contribution is -2.36. The van der Waals surface area contributed by atoms with Gasteiger partial charge in [0.1, 0.15) is 0 Å². The van der Waals surface area contributed by atoms with Gasteiger partial charge in [-0.15, -0.1) is 11.3 Å². The normalized spacial score (nSPS) is 12.5. The molecule has 1 unspecified atom stereocenters. The number of hydrogen-bond acceptors (Lipinski definition) is 4. The van der Waals surface area contributed by atoms with Crippen LogP contribution in [0.25, 0.3) is 0 Å². The molecule has 5 heteroatoms. The molecule has 17 heavy (non-hydrogen) atoms. The van der Waals surface area contributed by atoms with E-state index in [2.05, 4.69) is 5.32 Å². The Morgan fingerprint density at radius 3 is 2.76 bits per heavy atom. The molecule has 1 rings (SSSR count). The topological polar surface area (TPSA) is 49.4 Å². The minimum absolute atomic E-state index is 0.000391. The predicted octanol–water partition coefficient (Wildman–Crippen LogP) is 1.24. The summed E-state index contributed by atoms with van der Waals surface area (Å²) in [6.45, 7) is 2.78. The van der Waals surface area contributed by atoms with Gasteiger partial charge in [-0.05, 0) is 18.5 Å². The minimum Gasteiger partial charge on any atom is -0.359 e. The Kier molecular flexibility index (Phi) is 5.31. The van der Waals surface area contributed by atoms with Crippen LogP contribution in [0.4, 0.5) is 0 Å². The fourth-order valence-corrected chi connectivity index (χ4v) is 2.28. The molecule has 0 aliphatic heterocycles. The molecule has 0 aliphatic rings. The molecule has 0 aromatic carbocycles. The zero-order valence-electron chi connectivity index (χ0n) is 10.4. The van der Waals surface area contributed by atoms with Crippen LogP contribution in [0, 0.1) is 5.92 Å². The molecule has 1 aromatic heterocycles. The third-order valence-electron chi connectivity index (χ3n) is 2.49. The van der Waals surface area contributed by atoms with Crippen LogP contribution < -0.4 is 5.32 Å². The van der Waals surface area contributed by atoms with Crippen LogP contribution in [0.3, 0.4) is 0 Å². The smallest absolute Gasteiger partial charge is 0.223 e. The highest BCUT2D eigenvalue weighted by Crippen LogP contribution is 2.10. The molecular formula is C12H18N2O2S. The Bertz CT molecular complexity index is 376. The molecule has 0 saturated heterocycles. The second-order valence-corrected chi connectivity index (χ2v) is 5.06. The van der Waals surface area contributed by atoms with E-state index in [1.807, 2.05) is 36.4 Å². The summed E-state index contributed by atoms with van der Waals surface area (Å²) in [5.41, 5.74) is 0. The van der Waals surface area contributed by atoms with E-state index in [-0.39, 0.29) is 17.6 Å². The Hall–Kier alpha value is -1.20. The van der Waals surface area contributed by atoms with E-state index in [9.17, 15) is 9.59 Å². The Labute approximate surface area is 106 Å². The molecule has 0 saturated carbocycles. The maximum atomic E-state index is 11.8. The highest BCUT2D eigenvalue weighted by molar-refractivity contribution is 7.12. The van der Waals surface area contributed by atoms with Crippen LogP contribution in [-0.4, -0.2) is 43.8 Å². The van der Waals surface area contributed by atoms with Crippen molar-refractivity contribution >= 4 is 23.0 Å². The van der Waals surface area contributed by atoms with E-state index in [1.54, 1.807) is 7.05 Å². The molecule has 1 N–H and O–H groups in total. The Morgan fingerprint density at radius 1 is 1.53 bits per heavy atom. The molecule has 4 nitrogen and oxygen atoms in total. The van der Waals surface area contributed by atoms with Crippen molar-refractivity contribution < 1.29 is 9.59 Å². The number of carbonyl (C=O) groups excluding carboxylic acids is 2. The van der Waals surface area contributed by atoms with E-state index < -0.39 is 0 Å². The number of nitrogens with zero attached hydrogens (tertiary/aromatic N) is 1. The van der Waals surface area contributed by atoms with Crippen molar-refractivity contribution in [3.63, 3.8) is 0 Å². The number of hydrogen-bond donors (Lipinski definition) is 1. The highest BCUT2D eigenvalue weighted by atomic mass is 32.1. The third-order valence-corrected chi connectivity index (χ3v) is 3.40. The largest absolute Gasteiger partial charge is 0.359 e. The lowest BCUT2D eigenvalue weighted by Gasteiger charge is -2.19. The highest BCUT2D eigenvalue weighted by Gasteiger charge is 2.16. The molecule has 0 fully saturated rings. The molecular weight excluding hydrogens is 236 g/mol.